The van der Waals surface area contributed by atoms with Crippen molar-refractivity contribution >= 4 is 0 Å². The number of benzene rings is 1. The summed E-state index contributed by atoms with van der Waals surface area (Å²) in [5.41, 5.74) is 1.94. The van der Waals surface area contributed by atoms with Crippen LogP contribution in [0.3, 0.4) is 0 Å². The van der Waals surface area contributed by atoms with E-state index in [0.717, 1.165) is 18.5 Å². The van der Waals surface area contributed by atoms with Crippen molar-refractivity contribution in [3.8, 4) is 0 Å². The molecule has 1 aliphatic heterocycles. The molecule has 2 unspecified atom stereocenters. The second-order valence-electron chi connectivity index (χ2n) is 7.44. The van der Waals surface area contributed by atoms with Crippen LogP contribution in [0.15, 0.2) is 30.3 Å². The zero-order valence-corrected chi connectivity index (χ0v) is 13.6. The van der Waals surface area contributed by atoms with E-state index in [4.69, 9.17) is 0 Å². The van der Waals surface area contributed by atoms with Gasteiger partial charge in [-0.1, -0.05) is 50.6 Å². The van der Waals surface area contributed by atoms with Gasteiger partial charge in [-0.25, -0.2) is 0 Å². The third-order valence-corrected chi connectivity index (χ3v) is 5.35. The third-order valence-electron chi connectivity index (χ3n) is 5.35. The van der Waals surface area contributed by atoms with Gasteiger partial charge in [0.25, 0.3) is 0 Å². The van der Waals surface area contributed by atoms with E-state index in [-0.39, 0.29) is 0 Å². The first-order chi connectivity index (χ1) is 10.2. The summed E-state index contributed by atoms with van der Waals surface area (Å²) in [6, 6.07) is 11.8. The standard InChI is InChI=1S/C19H30N2/c1-3-11-19(2)15-21(13-16-7-5-4-6-8-16)14-17(19)12-20-18-9-10-18/h4-8,17-18,20H,3,9-15H2,1-2H3. The molecule has 0 spiro atoms. The molecule has 2 atom stereocenters. The molecule has 0 radical (unpaired) electrons. The Balaban J connectivity index is 1.61. The van der Waals surface area contributed by atoms with Crippen molar-refractivity contribution in [2.45, 2.75) is 52.1 Å². The molecule has 0 aromatic heterocycles. The van der Waals surface area contributed by atoms with Crippen LogP contribution in [0.1, 0.15) is 45.1 Å². The van der Waals surface area contributed by atoms with Crippen molar-refractivity contribution in [2.24, 2.45) is 11.3 Å². The van der Waals surface area contributed by atoms with Crippen LogP contribution in [0, 0.1) is 11.3 Å². The Labute approximate surface area is 129 Å². The second-order valence-corrected chi connectivity index (χ2v) is 7.44. The Morgan fingerprint density at radius 1 is 1.24 bits per heavy atom. The van der Waals surface area contributed by atoms with Gasteiger partial charge in [0.2, 0.25) is 0 Å². The van der Waals surface area contributed by atoms with Gasteiger partial charge in [-0.2, -0.15) is 0 Å². The average Bonchev–Trinajstić information content (AvgIpc) is 3.24. The van der Waals surface area contributed by atoms with E-state index in [0.29, 0.717) is 5.41 Å². The fourth-order valence-electron chi connectivity index (χ4n) is 3.96. The summed E-state index contributed by atoms with van der Waals surface area (Å²) in [5.74, 6) is 0.807. The first-order valence-electron chi connectivity index (χ1n) is 8.69. The van der Waals surface area contributed by atoms with Gasteiger partial charge in [-0.3, -0.25) is 4.90 Å². The number of nitrogens with one attached hydrogen (secondary N) is 1. The number of likely N-dealkylation sites (tertiary alicyclic amines) is 1. The van der Waals surface area contributed by atoms with Crippen molar-refractivity contribution in [1.82, 2.24) is 10.2 Å². The molecule has 1 aromatic rings. The smallest absolute Gasteiger partial charge is 0.0234 e. The van der Waals surface area contributed by atoms with E-state index in [1.54, 1.807) is 0 Å². The van der Waals surface area contributed by atoms with Crippen LogP contribution < -0.4 is 5.32 Å². The Morgan fingerprint density at radius 2 is 2.00 bits per heavy atom. The predicted octanol–water partition coefficient (Wildman–Crippen LogP) is 3.68. The lowest BCUT2D eigenvalue weighted by molar-refractivity contribution is 0.215. The fourth-order valence-corrected chi connectivity index (χ4v) is 3.96. The van der Waals surface area contributed by atoms with Gasteiger partial charge in [-0.15, -0.1) is 0 Å². The highest BCUT2D eigenvalue weighted by Gasteiger charge is 2.42. The summed E-state index contributed by atoms with van der Waals surface area (Å²) in [4.78, 5) is 2.67. The van der Waals surface area contributed by atoms with Crippen LogP contribution in [0.5, 0.6) is 0 Å². The van der Waals surface area contributed by atoms with Crippen LogP contribution in [-0.2, 0) is 6.54 Å². The second kappa shape index (κ2) is 6.50. The zero-order valence-electron chi connectivity index (χ0n) is 13.6. The molecule has 1 heterocycles. The quantitative estimate of drug-likeness (QED) is 0.822. The molecule has 0 bridgehead atoms. The zero-order chi connectivity index (χ0) is 14.7. The van der Waals surface area contributed by atoms with Crippen LogP contribution in [-0.4, -0.2) is 30.6 Å². The molecule has 2 nitrogen and oxygen atoms in total. The molecule has 1 aromatic carbocycles. The minimum Gasteiger partial charge on any atom is -0.314 e. The molecule has 1 saturated carbocycles. The largest absolute Gasteiger partial charge is 0.314 e. The van der Waals surface area contributed by atoms with Crippen molar-refractivity contribution in [3.05, 3.63) is 35.9 Å². The van der Waals surface area contributed by atoms with E-state index in [1.165, 1.54) is 50.9 Å². The van der Waals surface area contributed by atoms with E-state index >= 15 is 0 Å². The molecule has 3 rings (SSSR count). The molecule has 2 aliphatic rings. The summed E-state index contributed by atoms with van der Waals surface area (Å²) in [7, 11) is 0. The van der Waals surface area contributed by atoms with Crippen LogP contribution in [0.4, 0.5) is 0 Å². The van der Waals surface area contributed by atoms with E-state index in [9.17, 15) is 0 Å². The molecule has 0 amide bonds. The van der Waals surface area contributed by atoms with Gasteiger partial charge in [0.05, 0.1) is 0 Å². The minimum atomic E-state index is 0.491. The predicted molar refractivity (Wildman–Crippen MR) is 89.2 cm³/mol. The molecule has 2 heteroatoms. The topological polar surface area (TPSA) is 15.3 Å². The number of hydrogen-bond donors (Lipinski definition) is 1. The van der Waals surface area contributed by atoms with Gasteiger partial charge >= 0.3 is 0 Å². The average molecular weight is 286 g/mol. The maximum absolute atomic E-state index is 3.77. The van der Waals surface area contributed by atoms with Gasteiger partial charge < -0.3 is 5.32 Å². The molecule has 2 fully saturated rings. The summed E-state index contributed by atoms with van der Waals surface area (Å²) in [6.45, 7) is 9.68. The van der Waals surface area contributed by atoms with Gasteiger partial charge in [0.1, 0.15) is 0 Å². The van der Waals surface area contributed by atoms with Crippen molar-refractivity contribution < 1.29 is 0 Å². The Hall–Kier alpha value is -0.860. The maximum Gasteiger partial charge on any atom is 0.0234 e. The first-order valence-corrected chi connectivity index (χ1v) is 8.69. The van der Waals surface area contributed by atoms with E-state index < -0.39 is 0 Å². The van der Waals surface area contributed by atoms with Gasteiger partial charge in [0.15, 0.2) is 0 Å². The van der Waals surface area contributed by atoms with Gasteiger partial charge in [-0.05, 0) is 36.2 Å². The lowest BCUT2D eigenvalue weighted by Gasteiger charge is -2.30. The lowest BCUT2D eigenvalue weighted by Crippen LogP contribution is -2.35. The number of nitrogens with zero attached hydrogens (tertiary/aromatic N) is 1. The van der Waals surface area contributed by atoms with Crippen molar-refractivity contribution in [2.75, 3.05) is 19.6 Å². The van der Waals surface area contributed by atoms with Gasteiger partial charge in [0, 0.05) is 32.2 Å². The summed E-state index contributed by atoms with van der Waals surface area (Å²) in [5, 5.41) is 3.77. The van der Waals surface area contributed by atoms with Crippen molar-refractivity contribution in [3.63, 3.8) is 0 Å². The molecule has 1 N–H and O–H groups in total. The Morgan fingerprint density at radius 3 is 2.67 bits per heavy atom. The molecule has 1 aliphatic carbocycles. The Bertz CT molecular complexity index is 440. The highest BCUT2D eigenvalue weighted by molar-refractivity contribution is 5.15. The summed E-state index contributed by atoms with van der Waals surface area (Å²) >= 11 is 0. The third kappa shape index (κ3) is 3.87. The van der Waals surface area contributed by atoms with Crippen LogP contribution in [0.25, 0.3) is 0 Å². The molecule has 116 valence electrons. The van der Waals surface area contributed by atoms with Crippen LogP contribution >= 0.6 is 0 Å². The number of rotatable bonds is 7. The number of hydrogen-bond acceptors (Lipinski definition) is 2. The molecular weight excluding hydrogens is 256 g/mol. The highest BCUT2D eigenvalue weighted by Crippen LogP contribution is 2.40. The lowest BCUT2D eigenvalue weighted by atomic mass is 9.76. The summed E-state index contributed by atoms with van der Waals surface area (Å²) in [6.07, 6.45) is 5.45. The highest BCUT2D eigenvalue weighted by atomic mass is 15.2. The first kappa shape index (κ1) is 15.1. The minimum absolute atomic E-state index is 0.491. The van der Waals surface area contributed by atoms with Crippen LogP contribution in [0.2, 0.25) is 0 Å². The molecule has 21 heavy (non-hydrogen) atoms. The monoisotopic (exact) mass is 286 g/mol. The maximum atomic E-state index is 3.77. The molecule has 1 saturated heterocycles. The van der Waals surface area contributed by atoms with E-state index in [1.807, 2.05) is 0 Å². The van der Waals surface area contributed by atoms with E-state index in [2.05, 4.69) is 54.4 Å². The Kier molecular flexibility index (Phi) is 4.66. The fraction of sp³-hybridized carbons (Fsp3) is 0.684. The summed E-state index contributed by atoms with van der Waals surface area (Å²) < 4.78 is 0. The molecular formula is C19H30N2. The SMILES string of the molecule is CCCC1(C)CN(Cc2ccccc2)CC1CNC1CC1. The van der Waals surface area contributed by atoms with Crippen molar-refractivity contribution in [1.29, 1.82) is 0 Å². The normalized spacial score (nSPS) is 29.9.